The minimum atomic E-state index is 0. The summed E-state index contributed by atoms with van der Waals surface area (Å²) in [6.45, 7) is 1.58. The van der Waals surface area contributed by atoms with Gasteiger partial charge in [-0.15, -0.1) is 12.4 Å². The van der Waals surface area contributed by atoms with Gasteiger partial charge in [-0.2, -0.15) is 0 Å². The molecule has 14 heavy (non-hydrogen) atoms. The highest BCUT2D eigenvalue weighted by atomic mass is 79.9. The normalized spacial score (nSPS) is 15.4. The van der Waals surface area contributed by atoms with Gasteiger partial charge in [0, 0.05) is 29.5 Å². The molecule has 2 rings (SSSR count). The van der Waals surface area contributed by atoms with Gasteiger partial charge >= 0.3 is 0 Å². The summed E-state index contributed by atoms with van der Waals surface area (Å²) in [7, 11) is 0. The molecule has 0 aliphatic carbocycles. The smallest absolute Gasteiger partial charge is 0.164 e. The molecule has 0 radical (unpaired) electrons. The van der Waals surface area contributed by atoms with Gasteiger partial charge in [0.25, 0.3) is 0 Å². The second-order valence-electron chi connectivity index (χ2n) is 3.15. The molecule has 76 valence electrons. The molecule has 4 heteroatoms. The molecule has 0 spiro atoms. The van der Waals surface area contributed by atoms with E-state index in [1.165, 1.54) is 0 Å². The molecule has 1 aliphatic rings. The average Bonchev–Trinajstić information content (AvgIpc) is 2.29. The van der Waals surface area contributed by atoms with E-state index in [2.05, 4.69) is 21.2 Å². The summed E-state index contributed by atoms with van der Waals surface area (Å²) in [5.41, 5.74) is 1.96. The van der Waals surface area contributed by atoms with E-state index in [0.29, 0.717) is 6.42 Å². The fraction of sp³-hybridized carbons (Fsp3) is 0.300. The van der Waals surface area contributed by atoms with Crippen LogP contribution in [0, 0.1) is 0 Å². The first-order valence-electron chi connectivity index (χ1n) is 4.30. The summed E-state index contributed by atoms with van der Waals surface area (Å²) in [4.78, 5) is 11.6. The number of benzene rings is 1. The van der Waals surface area contributed by atoms with E-state index in [-0.39, 0.29) is 18.2 Å². The molecule has 0 amide bonds. The zero-order valence-electron chi connectivity index (χ0n) is 7.55. The number of rotatable bonds is 0. The molecule has 1 aromatic carbocycles. The largest absolute Gasteiger partial charge is 0.312 e. The third-order valence-corrected chi connectivity index (χ3v) is 2.71. The van der Waals surface area contributed by atoms with Gasteiger partial charge in [0.05, 0.1) is 0 Å². The van der Waals surface area contributed by atoms with Crippen LogP contribution in [0.2, 0.25) is 0 Å². The zero-order valence-corrected chi connectivity index (χ0v) is 9.95. The van der Waals surface area contributed by atoms with Crippen LogP contribution in [0.3, 0.4) is 0 Å². The summed E-state index contributed by atoms with van der Waals surface area (Å²) in [5.74, 6) is 0.237. The van der Waals surface area contributed by atoms with Crippen molar-refractivity contribution >= 4 is 34.1 Å². The fourth-order valence-electron chi connectivity index (χ4n) is 1.52. The van der Waals surface area contributed by atoms with Gasteiger partial charge in [-0.1, -0.05) is 22.0 Å². The van der Waals surface area contributed by atoms with Crippen molar-refractivity contribution in [3.63, 3.8) is 0 Å². The fourth-order valence-corrected chi connectivity index (χ4v) is 1.88. The molecule has 0 fully saturated rings. The molecular formula is C10H11BrClNO. The minimum Gasteiger partial charge on any atom is -0.312 e. The van der Waals surface area contributed by atoms with E-state index in [4.69, 9.17) is 0 Å². The highest BCUT2D eigenvalue weighted by molar-refractivity contribution is 9.10. The van der Waals surface area contributed by atoms with Crippen LogP contribution in [0.1, 0.15) is 22.3 Å². The van der Waals surface area contributed by atoms with Gasteiger partial charge in [-0.3, -0.25) is 4.79 Å². The first-order chi connectivity index (χ1) is 6.27. The van der Waals surface area contributed by atoms with E-state index >= 15 is 0 Å². The first kappa shape index (κ1) is 11.7. The maximum absolute atomic E-state index is 11.6. The summed E-state index contributed by atoms with van der Waals surface area (Å²) in [6, 6.07) is 5.87. The Balaban J connectivity index is 0.000000980. The average molecular weight is 277 g/mol. The molecular weight excluding hydrogens is 265 g/mol. The van der Waals surface area contributed by atoms with Crippen molar-refractivity contribution in [2.24, 2.45) is 0 Å². The lowest BCUT2D eigenvalue weighted by Crippen LogP contribution is -2.12. The van der Waals surface area contributed by atoms with Crippen molar-refractivity contribution in [2.75, 3.05) is 6.54 Å². The lowest BCUT2D eigenvalue weighted by molar-refractivity contribution is 0.0985. The van der Waals surface area contributed by atoms with Gasteiger partial charge in [0.15, 0.2) is 5.78 Å². The van der Waals surface area contributed by atoms with Crippen molar-refractivity contribution in [3.05, 3.63) is 33.8 Å². The van der Waals surface area contributed by atoms with Crippen molar-refractivity contribution in [2.45, 2.75) is 13.0 Å². The number of halogens is 2. The van der Waals surface area contributed by atoms with Crippen LogP contribution in [0.4, 0.5) is 0 Å². The van der Waals surface area contributed by atoms with E-state index in [1.807, 2.05) is 18.2 Å². The highest BCUT2D eigenvalue weighted by Gasteiger charge is 2.14. The van der Waals surface area contributed by atoms with E-state index in [0.717, 1.165) is 28.7 Å². The third kappa shape index (κ3) is 2.35. The molecule has 0 unspecified atom stereocenters. The number of hydrogen-bond donors (Lipinski definition) is 1. The second kappa shape index (κ2) is 4.91. The van der Waals surface area contributed by atoms with Gasteiger partial charge < -0.3 is 5.32 Å². The number of carbonyl (C=O) groups excluding carboxylic acids is 1. The Morgan fingerprint density at radius 1 is 1.36 bits per heavy atom. The molecule has 0 atom stereocenters. The minimum absolute atomic E-state index is 0. The van der Waals surface area contributed by atoms with Crippen molar-refractivity contribution in [1.82, 2.24) is 5.32 Å². The standard InChI is InChI=1S/C10H10BrNO.ClH/c11-8-2-1-7-6-12-4-3-10(13)9(7)5-8;/h1-2,5,12H,3-4,6H2;1H. The zero-order chi connectivity index (χ0) is 9.26. The molecule has 1 N–H and O–H groups in total. The van der Waals surface area contributed by atoms with E-state index in [1.54, 1.807) is 0 Å². The third-order valence-electron chi connectivity index (χ3n) is 2.22. The molecule has 1 aliphatic heterocycles. The van der Waals surface area contributed by atoms with E-state index < -0.39 is 0 Å². The predicted molar refractivity (Wildman–Crippen MR) is 62.0 cm³/mol. The molecule has 1 aromatic rings. The molecule has 1 heterocycles. The van der Waals surface area contributed by atoms with E-state index in [9.17, 15) is 4.79 Å². The lowest BCUT2D eigenvalue weighted by atomic mass is 10.0. The van der Waals surface area contributed by atoms with Gasteiger partial charge in [0.2, 0.25) is 0 Å². The number of fused-ring (bicyclic) bond motifs is 1. The Labute approximate surface area is 97.6 Å². The van der Waals surface area contributed by atoms with Gasteiger partial charge in [-0.05, 0) is 17.7 Å². The maximum atomic E-state index is 11.6. The number of hydrogen-bond acceptors (Lipinski definition) is 2. The van der Waals surface area contributed by atoms with Crippen LogP contribution in [0.5, 0.6) is 0 Å². The Morgan fingerprint density at radius 3 is 2.93 bits per heavy atom. The van der Waals surface area contributed by atoms with Crippen LogP contribution >= 0.6 is 28.3 Å². The topological polar surface area (TPSA) is 29.1 Å². The van der Waals surface area contributed by atoms with Crippen molar-refractivity contribution in [1.29, 1.82) is 0 Å². The van der Waals surface area contributed by atoms with Crippen LogP contribution < -0.4 is 5.32 Å². The number of carbonyl (C=O) groups is 1. The van der Waals surface area contributed by atoms with Crippen molar-refractivity contribution < 1.29 is 4.79 Å². The molecule has 2 nitrogen and oxygen atoms in total. The summed E-state index contributed by atoms with van der Waals surface area (Å²) < 4.78 is 0.974. The Kier molecular flexibility index (Phi) is 4.11. The molecule has 0 saturated carbocycles. The SMILES string of the molecule is Cl.O=C1CCNCc2ccc(Br)cc21. The van der Waals surface area contributed by atoms with Gasteiger partial charge in [-0.25, -0.2) is 0 Å². The van der Waals surface area contributed by atoms with Crippen LogP contribution in [0.25, 0.3) is 0 Å². The lowest BCUT2D eigenvalue weighted by Gasteiger charge is -2.03. The maximum Gasteiger partial charge on any atom is 0.164 e. The highest BCUT2D eigenvalue weighted by Crippen LogP contribution is 2.19. The summed E-state index contributed by atoms with van der Waals surface area (Å²) in [5, 5.41) is 3.22. The number of ketones is 1. The quantitative estimate of drug-likeness (QED) is 0.789. The number of nitrogens with one attached hydrogen (secondary N) is 1. The predicted octanol–water partition coefficient (Wildman–Crippen LogP) is 2.55. The molecule has 0 aromatic heterocycles. The second-order valence-corrected chi connectivity index (χ2v) is 4.07. The Hall–Kier alpha value is -0.380. The number of Topliss-reactive ketones (excluding diaryl/α,β-unsaturated/α-hetero) is 1. The van der Waals surface area contributed by atoms with Crippen LogP contribution in [-0.2, 0) is 6.54 Å². The van der Waals surface area contributed by atoms with Gasteiger partial charge in [0.1, 0.15) is 0 Å². The Morgan fingerprint density at radius 2 is 2.14 bits per heavy atom. The first-order valence-corrected chi connectivity index (χ1v) is 5.09. The monoisotopic (exact) mass is 275 g/mol. The van der Waals surface area contributed by atoms with Crippen molar-refractivity contribution in [3.8, 4) is 0 Å². The Bertz CT molecular complexity index is 354. The van der Waals surface area contributed by atoms with Crippen LogP contribution in [0.15, 0.2) is 22.7 Å². The summed E-state index contributed by atoms with van der Waals surface area (Å²) in [6.07, 6.45) is 0.601. The molecule has 0 saturated heterocycles. The molecule has 0 bridgehead atoms. The summed E-state index contributed by atoms with van der Waals surface area (Å²) >= 11 is 3.37. The van der Waals surface area contributed by atoms with Crippen LogP contribution in [-0.4, -0.2) is 12.3 Å².